The van der Waals surface area contributed by atoms with E-state index in [-0.39, 0.29) is 11.8 Å². The van der Waals surface area contributed by atoms with Crippen molar-refractivity contribution in [1.82, 2.24) is 15.5 Å². The molecule has 1 atom stereocenters. The largest absolute Gasteiger partial charge is 0.497 e. The van der Waals surface area contributed by atoms with Crippen LogP contribution >= 0.6 is 0 Å². The van der Waals surface area contributed by atoms with Gasteiger partial charge in [0.2, 0.25) is 5.91 Å². The molecule has 1 fully saturated rings. The number of methoxy groups -OCH3 is 1. The Morgan fingerprint density at radius 2 is 1.66 bits per heavy atom. The molecule has 0 saturated carbocycles. The van der Waals surface area contributed by atoms with Crippen molar-refractivity contribution in [3.8, 4) is 5.75 Å². The first-order valence-electron chi connectivity index (χ1n) is 12.4. The topological polar surface area (TPSA) is 70.7 Å². The lowest BCUT2D eigenvalue weighted by atomic mass is 9.95. The highest BCUT2D eigenvalue weighted by Gasteiger charge is 2.27. The quantitative estimate of drug-likeness (QED) is 0.503. The van der Waals surface area contributed by atoms with Gasteiger partial charge in [-0.3, -0.25) is 9.59 Å². The zero-order valence-electron chi connectivity index (χ0n) is 20.8. The number of carbonyl (C=O) groups is 2. The summed E-state index contributed by atoms with van der Waals surface area (Å²) in [4.78, 5) is 29.1. The zero-order chi connectivity index (χ0) is 24.8. The second-order valence-corrected chi connectivity index (χ2v) is 9.52. The molecule has 3 aromatic carbocycles. The minimum atomic E-state index is -0.800. The van der Waals surface area contributed by atoms with Gasteiger partial charge in [0.05, 0.1) is 7.11 Å². The van der Waals surface area contributed by atoms with Crippen LogP contribution in [0.2, 0.25) is 0 Å². The van der Waals surface area contributed by atoms with Crippen LogP contribution in [0, 0.1) is 5.92 Å². The van der Waals surface area contributed by atoms with Crippen molar-refractivity contribution in [2.75, 3.05) is 26.7 Å². The molecule has 0 spiro atoms. The molecule has 1 unspecified atom stereocenters. The van der Waals surface area contributed by atoms with E-state index >= 15 is 0 Å². The maximum absolute atomic E-state index is 13.5. The molecule has 4 rings (SSSR count). The molecule has 6 nitrogen and oxygen atoms in total. The summed E-state index contributed by atoms with van der Waals surface area (Å²) in [6.45, 7) is 7.17. The van der Waals surface area contributed by atoms with E-state index in [1.54, 1.807) is 31.4 Å². The molecule has 3 aromatic rings. The Bertz CT molecular complexity index is 1150. The summed E-state index contributed by atoms with van der Waals surface area (Å²) in [7, 11) is 1.59. The van der Waals surface area contributed by atoms with Gasteiger partial charge >= 0.3 is 0 Å². The summed E-state index contributed by atoms with van der Waals surface area (Å²) < 4.78 is 5.20. The van der Waals surface area contributed by atoms with Crippen molar-refractivity contribution >= 4 is 22.6 Å². The summed E-state index contributed by atoms with van der Waals surface area (Å²) in [6.07, 6.45) is 2.13. The van der Waals surface area contributed by atoms with E-state index in [0.717, 1.165) is 42.3 Å². The van der Waals surface area contributed by atoms with Crippen molar-refractivity contribution < 1.29 is 14.3 Å². The number of nitrogens with one attached hydrogen (secondary N) is 2. The number of amides is 2. The number of nitrogens with zero attached hydrogens (tertiary/aromatic N) is 1. The number of carbonyl (C=O) groups excluding carboxylic acids is 2. The molecule has 1 saturated heterocycles. The summed E-state index contributed by atoms with van der Waals surface area (Å²) in [5, 5.41) is 8.12. The second kappa shape index (κ2) is 11.4. The minimum Gasteiger partial charge on any atom is -0.497 e. The molecule has 0 radical (unpaired) electrons. The van der Waals surface area contributed by atoms with Crippen LogP contribution < -0.4 is 15.4 Å². The minimum absolute atomic E-state index is 0.186. The number of hydrogen-bond donors (Lipinski definition) is 2. The lowest BCUT2D eigenvalue weighted by molar-refractivity contribution is -0.123. The van der Waals surface area contributed by atoms with Crippen LogP contribution in [0.15, 0.2) is 66.7 Å². The van der Waals surface area contributed by atoms with Gasteiger partial charge in [-0.2, -0.15) is 0 Å². The highest BCUT2D eigenvalue weighted by atomic mass is 16.5. The van der Waals surface area contributed by atoms with Gasteiger partial charge in [0.15, 0.2) is 0 Å². The molecular formula is C29H35N3O3. The molecule has 2 N–H and O–H groups in total. The molecule has 0 bridgehead atoms. The van der Waals surface area contributed by atoms with Crippen LogP contribution in [-0.2, 0) is 4.79 Å². The monoisotopic (exact) mass is 473 g/mol. The highest BCUT2D eigenvalue weighted by Crippen LogP contribution is 2.26. The molecule has 1 aliphatic heterocycles. The number of likely N-dealkylation sites (tertiary alicyclic amines) is 1. The fourth-order valence-corrected chi connectivity index (χ4v) is 4.76. The third kappa shape index (κ3) is 6.01. The number of benzene rings is 3. The number of fused-ring (bicyclic) bond motifs is 1. The third-order valence-corrected chi connectivity index (χ3v) is 6.97. The maximum atomic E-state index is 13.5. The van der Waals surface area contributed by atoms with E-state index in [1.165, 1.54) is 0 Å². The normalized spacial score (nSPS) is 15.7. The van der Waals surface area contributed by atoms with E-state index in [4.69, 9.17) is 4.74 Å². The summed E-state index contributed by atoms with van der Waals surface area (Å²) in [5.74, 6) is 0.633. The fraction of sp³-hybridized carbons (Fsp3) is 0.379. The zero-order valence-corrected chi connectivity index (χ0v) is 20.8. The van der Waals surface area contributed by atoms with Crippen LogP contribution in [0.25, 0.3) is 10.8 Å². The van der Waals surface area contributed by atoms with Crippen molar-refractivity contribution in [2.45, 2.75) is 38.8 Å². The first-order chi connectivity index (χ1) is 17.0. The van der Waals surface area contributed by atoms with Gasteiger partial charge in [-0.1, -0.05) is 42.5 Å². The lowest BCUT2D eigenvalue weighted by Crippen LogP contribution is -2.44. The highest BCUT2D eigenvalue weighted by molar-refractivity contribution is 6.00. The Morgan fingerprint density at radius 1 is 0.971 bits per heavy atom. The van der Waals surface area contributed by atoms with Crippen molar-refractivity contribution in [3.05, 3.63) is 77.9 Å². The van der Waals surface area contributed by atoms with Crippen molar-refractivity contribution in [2.24, 2.45) is 5.92 Å². The fourth-order valence-electron chi connectivity index (χ4n) is 4.76. The first-order valence-corrected chi connectivity index (χ1v) is 12.4. The number of piperidine rings is 1. The van der Waals surface area contributed by atoms with E-state index in [1.807, 2.05) is 42.5 Å². The van der Waals surface area contributed by atoms with E-state index < -0.39 is 6.04 Å². The average molecular weight is 474 g/mol. The van der Waals surface area contributed by atoms with Gasteiger partial charge in [-0.25, -0.2) is 0 Å². The van der Waals surface area contributed by atoms with Gasteiger partial charge in [0.25, 0.3) is 5.91 Å². The Kier molecular flexibility index (Phi) is 8.03. The van der Waals surface area contributed by atoms with Crippen LogP contribution in [-0.4, -0.2) is 49.5 Å². The average Bonchev–Trinajstić information content (AvgIpc) is 2.90. The van der Waals surface area contributed by atoms with Crippen LogP contribution in [0.5, 0.6) is 5.75 Å². The smallest absolute Gasteiger partial charge is 0.252 e. The second-order valence-electron chi connectivity index (χ2n) is 9.52. The van der Waals surface area contributed by atoms with Crippen LogP contribution in [0.4, 0.5) is 0 Å². The Morgan fingerprint density at radius 3 is 2.34 bits per heavy atom. The first kappa shape index (κ1) is 24.7. The molecule has 35 heavy (non-hydrogen) atoms. The Balaban J connectivity index is 1.53. The van der Waals surface area contributed by atoms with Gasteiger partial charge in [-0.05, 0) is 86.3 Å². The van der Waals surface area contributed by atoms with Crippen molar-refractivity contribution in [3.63, 3.8) is 0 Å². The van der Waals surface area contributed by atoms with E-state index in [0.29, 0.717) is 29.8 Å². The predicted molar refractivity (Wildman–Crippen MR) is 140 cm³/mol. The third-order valence-electron chi connectivity index (χ3n) is 6.97. The molecule has 0 aromatic heterocycles. The van der Waals surface area contributed by atoms with Gasteiger partial charge in [0.1, 0.15) is 11.8 Å². The number of rotatable bonds is 8. The summed E-state index contributed by atoms with van der Waals surface area (Å²) >= 11 is 0. The lowest BCUT2D eigenvalue weighted by Gasteiger charge is -2.34. The van der Waals surface area contributed by atoms with Gasteiger partial charge < -0.3 is 20.3 Å². The van der Waals surface area contributed by atoms with Crippen LogP contribution in [0.3, 0.4) is 0 Å². The molecule has 6 heteroatoms. The molecular weight excluding hydrogens is 438 g/mol. The van der Waals surface area contributed by atoms with Crippen molar-refractivity contribution in [1.29, 1.82) is 0 Å². The van der Waals surface area contributed by atoms with E-state index in [9.17, 15) is 9.59 Å². The molecule has 0 aliphatic carbocycles. The van der Waals surface area contributed by atoms with Gasteiger partial charge in [-0.15, -0.1) is 0 Å². The standard InChI is InChI=1S/C29H35N3O3/c1-20(2)32-17-15-21(16-18-32)19-30-29(34)27(26-10-6-8-22-7-4-5-9-25(22)26)31-28(33)23-11-13-24(35-3)14-12-23/h4-14,20-21,27H,15-19H2,1-3H3,(H,30,34)(H,31,33). The number of hydrogen-bond acceptors (Lipinski definition) is 4. The molecule has 184 valence electrons. The Hall–Kier alpha value is -3.38. The Labute approximate surface area is 207 Å². The van der Waals surface area contributed by atoms with Crippen LogP contribution in [0.1, 0.15) is 48.7 Å². The molecule has 2 amide bonds. The maximum Gasteiger partial charge on any atom is 0.252 e. The van der Waals surface area contributed by atoms with Gasteiger partial charge in [0, 0.05) is 18.2 Å². The SMILES string of the molecule is COc1ccc(C(=O)NC(C(=O)NCC2CCN(C(C)C)CC2)c2cccc3ccccc23)cc1. The summed E-state index contributed by atoms with van der Waals surface area (Å²) in [5.41, 5.74) is 1.27. The predicted octanol–water partition coefficient (Wildman–Crippen LogP) is 4.56. The molecule has 1 heterocycles. The molecule has 1 aliphatic rings. The van der Waals surface area contributed by atoms with E-state index in [2.05, 4.69) is 29.4 Å². The summed E-state index contributed by atoms with van der Waals surface area (Å²) in [6, 6.07) is 20.4. The number of ether oxygens (including phenoxy) is 1.